The van der Waals surface area contributed by atoms with Crippen LogP contribution in [0.4, 0.5) is 0 Å². The van der Waals surface area contributed by atoms with E-state index >= 15 is 0 Å². The molecular formula is C11H18O4. The summed E-state index contributed by atoms with van der Waals surface area (Å²) in [6.45, 7) is 4.85. The van der Waals surface area contributed by atoms with Gasteiger partial charge in [-0.05, 0) is 25.7 Å². The molecule has 0 aliphatic carbocycles. The van der Waals surface area contributed by atoms with E-state index in [1.54, 1.807) is 0 Å². The van der Waals surface area contributed by atoms with Crippen LogP contribution >= 0.6 is 0 Å². The molecule has 86 valence electrons. The molecule has 0 spiro atoms. The average Bonchev–Trinajstić information content (AvgIpc) is 2.18. The van der Waals surface area contributed by atoms with Crippen molar-refractivity contribution in [2.45, 2.75) is 19.8 Å². The molecule has 0 saturated carbocycles. The second-order valence-corrected chi connectivity index (χ2v) is 4.26. The van der Waals surface area contributed by atoms with Gasteiger partial charge >= 0.3 is 5.97 Å². The van der Waals surface area contributed by atoms with E-state index in [1.165, 1.54) is 0 Å². The fourth-order valence-corrected chi connectivity index (χ4v) is 2.37. The molecule has 0 aromatic carbocycles. The van der Waals surface area contributed by atoms with Crippen molar-refractivity contribution >= 4 is 5.97 Å². The quantitative estimate of drug-likeness (QED) is 0.657. The van der Waals surface area contributed by atoms with E-state index in [-0.39, 0.29) is 11.4 Å². The summed E-state index contributed by atoms with van der Waals surface area (Å²) >= 11 is 0. The van der Waals surface area contributed by atoms with Crippen molar-refractivity contribution in [3.8, 4) is 0 Å². The van der Waals surface area contributed by atoms with Gasteiger partial charge in [0.15, 0.2) is 0 Å². The van der Waals surface area contributed by atoms with Crippen LogP contribution in [0.1, 0.15) is 19.8 Å². The van der Waals surface area contributed by atoms with Crippen molar-refractivity contribution in [2.75, 3.05) is 33.0 Å². The van der Waals surface area contributed by atoms with Gasteiger partial charge in [-0.15, -0.1) is 0 Å². The SMILES string of the molecule is CCOC(=O)C1(C2CCOCC2)COC1. The number of carbonyl (C=O) groups is 1. The molecule has 0 amide bonds. The Morgan fingerprint density at radius 1 is 1.33 bits per heavy atom. The van der Waals surface area contributed by atoms with Gasteiger partial charge in [0.05, 0.1) is 19.8 Å². The Morgan fingerprint density at radius 3 is 2.47 bits per heavy atom. The molecule has 0 unspecified atom stereocenters. The summed E-state index contributed by atoms with van der Waals surface area (Å²) in [4.78, 5) is 11.9. The number of ether oxygens (including phenoxy) is 3. The Bertz CT molecular complexity index is 229. The summed E-state index contributed by atoms with van der Waals surface area (Å²) in [7, 11) is 0. The maximum absolute atomic E-state index is 11.9. The molecule has 0 radical (unpaired) electrons. The Labute approximate surface area is 89.9 Å². The smallest absolute Gasteiger partial charge is 0.317 e. The maximum atomic E-state index is 11.9. The standard InChI is InChI=1S/C11H18O4/c1-2-15-10(12)11(7-14-8-11)9-3-5-13-6-4-9/h9H,2-8H2,1H3. The molecule has 0 aromatic rings. The van der Waals surface area contributed by atoms with E-state index < -0.39 is 0 Å². The monoisotopic (exact) mass is 214 g/mol. The van der Waals surface area contributed by atoms with Gasteiger partial charge in [-0.2, -0.15) is 0 Å². The van der Waals surface area contributed by atoms with Gasteiger partial charge in [-0.1, -0.05) is 0 Å². The fraction of sp³-hybridized carbons (Fsp3) is 0.909. The Balaban J connectivity index is 2.03. The number of hydrogen-bond acceptors (Lipinski definition) is 4. The second kappa shape index (κ2) is 4.49. The molecule has 2 rings (SSSR count). The highest BCUT2D eigenvalue weighted by Crippen LogP contribution is 2.42. The highest BCUT2D eigenvalue weighted by atomic mass is 16.6. The van der Waals surface area contributed by atoms with E-state index in [1.807, 2.05) is 6.92 Å². The third-order valence-corrected chi connectivity index (χ3v) is 3.40. The fourth-order valence-electron chi connectivity index (χ4n) is 2.37. The third-order valence-electron chi connectivity index (χ3n) is 3.40. The lowest BCUT2D eigenvalue weighted by atomic mass is 9.70. The lowest BCUT2D eigenvalue weighted by Gasteiger charge is -2.45. The minimum atomic E-state index is -0.361. The van der Waals surface area contributed by atoms with Crippen LogP contribution in [0, 0.1) is 11.3 Å². The predicted molar refractivity (Wildman–Crippen MR) is 53.4 cm³/mol. The van der Waals surface area contributed by atoms with E-state index in [0.29, 0.717) is 25.7 Å². The molecule has 0 atom stereocenters. The molecule has 4 heteroatoms. The van der Waals surface area contributed by atoms with Crippen LogP contribution < -0.4 is 0 Å². The highest BCUT2D eigenvalue weighted by Gasteiger charge is 2.53. The maximum Gasteiger partial charge on any atom is 0.317 e. The van der Waals surface area contributed by atoms with Gasteiger partial charge in [0.2, 0.25) is 0 Å². The number of hydrogen-bond donors (Lipinski definition) is 0. The van der Waals surface area contributed by atoms with Crippen LogP contribution in [0.5, 0.6) is 0 Å². The van der Waals surface area contributed by atoms with E-state index in [4.69, 9.17) is 14.2 Å². The molecule has 2 heterocycles. The zero-order chi connectivity index (χ0) is 10.7. The summed E-state index contributed by atoms with van der Waals surface area (Å²) in [5, 5.41) is 0. The number of rotatable bonds is 3. The largest absolute Gasteiger partial charge is 0.465 e. The normalized spacial score (nSPS) is 25.7. The third kappa shape index (κ3) is 1.88. The van der Waals surface area contributed by atoms with Crippen molar-refractivity contribution in [1.82, 2.24) is 0 Å². The Hall–Kier alpha value is -0.610. The first-order valence-electron chi connectivity index (χ1n) is 5.62. The van der Waals surface area contributed by atoms with Crippen molar-refractivity contribution in [2.24, 2.45) is 11.3 Å². The molecule has 0 N–H and O–H groups in total. The highest BCUT2D eigenvalue weighted by molar-refractivity contribution is 5.78. The van der Waals surface area contributed by atoms with Crippen molar-refractivity contribution in [3.05, 3.63) is 0 Å². The lowest BCUT2D eigenvalue weighted by Crippen LogP contribution is -2.56. The molecular weight excluding hydrogens is 196 g/mol. The zero-order valence-corrected chi connectivity index (χ0v) is 9.16. The minimum Gasteiger partial charge on any atom is -0.465 e. The summed E-state index contributed by atoms with van der Waals surface area (Å²) in [5.41, 5.74) is -0.361. The number of esters is 1. The average molecular weight is 214 g/mol. The molecule has 2 aliphatic heterocycles. The minimum absolute atomic E-state index is 0.0804. The number of carbonyl (C=O) groups excluding carboxylic acids is 1. The van der Waals surface area contributed by atoms with Crippen LogP contribution in [0.15, 0.2) is 0 Å². The Morgan fingerprint density at radius 2 is 2.00 bits per heavy atom. The van der Waals surface area contributed by atoms with E-state index in [2.05, 4.69) is 0 Å². The first-order chi connectivity index (χ1) is 7.29. The first-order valence-corrected chi connectivity index (χ1v) is 5.62. The molecule has 2 saturated heterocycles. The topological polar surface area (TPSA) is 44.8 Å². The molecule has 0 bridgehead atoms. The van der Waals surface area contributed by atoms with Crippen molar-refractivity contribution in [1.29, 1.82) is 0 Å². The van der Waals surface area contributed by atoms with E-state index in [9.17, 15) is 4.79 Å². The Kier molecular flexibility index (Phi) is 3.26. The van der Waals surface area contributed by atoms with Gasteiger partial charge in [0.1, 0.15) is 5.41 Å². The van der Waals surface area contributed by atoms with Gasteiger partial charge in [0, 0.05) is 13.2 Å². The summed E-state index contributed by atoms with van der Waals surface area (Å²) in [5.74, 6) is 0.294. The molecule has 2 aliphatic rings. The van der Waals surface area contributed by atoms with E-state index in [0.717, 1.165) is 26.1 Å². The van der Waals surface area contributed by atoms with Crippen molar-refractivity contribution in [3.63, 3.8) is 0 Å². The van der Waals surface area contributed by atoms with Gasteiger partial charge in [0.25, 0.3) is 0 Å². The second-order valence-electron chi connectivity index (χ2n) is 4.26. The van der Waals surface area contributed by atoms with Crippen LogP contribution in [-0.4, -0.2) is 39.0 Å². The van der Waals surface area contributed by atoms with Gasteiger partial charge in [-0.25, -0.2) is 0 Å². The predicted octanol–water partition coefficient (Wildman–Crippen LogP) is 0.993. The zero-order valence-electron chi connectivity index (χ0n) is 9.16. The van der Waals surface area contributed by atoms with Crippen LogP contribution in [0.3, 0.4) is 0 Å². The first kappa shape index (κ1) is 10.9. The van der Waals surface area contributed by atoms with Crippen molar-refractivity contribution < 1.29 is 19.0 Å². The molecule has 4 nitrogen and oxygen atoms in total. The van der Waals surface area contributed by atoms with Gasteiger partial charge < -0.3 is 14.2 Å². The molecule has 15 heavy (non-hydrogen) atoms. The molecule has 2 fully saturated rings. The lowest BCUT2D eigenvalue weighted by molar-refractivity contribution is -0.203. The molecule has 0 aromatic heterocycles. The van der Waals surface area contributed by atoms with Crippen LogP contribution in [0.2, 0.25) is 0 Å². The summed E-state index contributed by atoms with van der Waals surface area (Å²) in [6.07, 6.45) is 1.89. The van der Waals surface area contributed by atoms with Crippen LogP contribution in [-0.2, 0) is 19.0 Å². The van der Waals surface area contributed by atoms with Gasteiger partial charge in [-0.3, -0.25) is 4.79 Å². The summed E-state index contributed by atoms with van der Waals surface area (Å²) < 4.78 is 15.7. The summed E-state index contributed by atoms with van der Waals surface area (Å²) in [6, 6.07) is 0. The van der Waals surface area contributed by atoms with Crippen LogP contribution in [0.25, 0.3) is 0 Å².